The first-order valence-electron chi connectivity index (χ1n) is 8.07. The molecule has 0 aliphatic carbocycles. The highest BCUT2D eigenvalue weighted by Gasteiger charge is 2.11. The van der Waals surface area contributed by atoms with Crippen molar-refractivity contribution < 1.29 is 0 Å². The van der Waals surface area contributed by atoms with Crippen LogP contribution in [0.5, 0.6) is 0 Å². The Labute approximate surface area is 149 Å². The highest BCUT2D eigenvalue weighted by Crippen LogP contribution is 2.33. The zero-order chi connectivity index (χ0) is 15.5. The van der Waals surface area contributed by atoms with E-state index in [1.807, 2.05) is 0 Å². The number of aromatic nitrogens is 1. The van der Waals surface area contributed by atoms with E-state index >= 15 is 0 Å². The predicted molar refractivity (Wildman–Crippen MR) is 104 cm³/mol. The van der Waals surface area contributed by atoms with Crippen molar-refractivity contribution in [3.8, 4) is 0 Å². The second-order valence-electron chi connectivity index (χ2n) is 5.89. The van der Waals surface area contributed by atoms with E-state index < -0.39 is 0 Å². The molecular weight excluding hydrogens is 402 g/mol. The normalized spacial score (nSPS) is 11.6. The Hall–Kier alpha value is -0.800. The summed E-state index contributed by atoms with van der Waals surface area (Å²) in [7, 11) is 0. The fraction of sp³-hybridized carbons (Fsp3) is 0.368. The van der Waals surface area contributed by atoms with Crippen molar-refractivity contribution in [2.24, 2.45) is 0 Å². The van der Waals surface area contributed by atoms with E-state index in [1.54, 1.807) is 0 Å². The van der Waals surface area contributed by atoms with Crippen LogP contribution < -0.4 is 0 Å². The number of fused-ring (bicyclic) bond motifs is 3. The van der Waals surface area contributed by atoms with E-state index in [9.17, 15) is 0 Å². The van der Waals surface area contributed by atoms with Gasteiger partial charge in [-0.05, 0) is 42.8 Å². The average molecular weight is 423 g/mol. The van der Waals surface area contributed by atoms with Crippen LogP contribution in [-0.2, 0) is 6.54 Å². The Morgan fingerprint density at radius 3 is 1.86 bits per heavy atom. The highest BCUT2D eigenvalue weighted by molar-refractivity contribution is 9.10. The molecular formula is C19H21Br2N. The number of benzene rings is 2. The quantitative estimate of drug-likeness (QED) is 0.367. The second kappa shape index (κ2) is 7.18. The Morgan fingerprint density at radius 2 is 1.32 bits per heavy atom. The Morgan fingerprint density at radius 1 is 0.773 bits per heavy atom. The van der Waals surface area contributed by atoms with Crippen molar-refractivity contribution in [3.63, 3.8) is 0 Å². The van der Waals surface area contributed by atoms with Crippen LogP contribution in [0.4, 0.5) is 0 Å². The van der Waals surface area contributed by atoms with E-state index in [2.05, 4.69) is 79.7 Å². The molecule has 0 saturated heterocycles. The SMILES string of the molecule is CCCCCCCn1c2ccc(Br)cc2c2cc(Br)ccc21. The van der Waals surface area contributed by atoms with Crippen LogP contribution in [0.2, 0.25) is 0 Å². The van der Waals surface area contributed by atoms with E-state index in [-0.39, 0.29) is 0 Å². The van der Waals surface area contributed by atoms with E-state index in [4.69, 9.17) is 0 Å². The van der Waals surface area contributed by atoms with Gasteiger partial charge >= 0.3 is 0 Å². The number of hydrogen-bond acceptors (Lipinski definition) is 0. The van der Waals surface area contributed by atoms with Gasteiger partial charge in [0.05, 0.1) is 0 Å². The molecule has 0 spiro atoms. The van der Waals surface area contributed by atoms with Crippen molar-refractivity contribution in [2.45, 2.75) is 45.6 Å². The van der Waals surface area contributed by atoms with Gasteiger partial charge in [0.25, 0.3) is 0 Å². The molecule has 3 rings (SSSR count). The smallest absolute Gasteiger partial charge is 0.0492 e. The molecule has 1 nitrogen and oxygen atoms in total. The lowest BCUT2D eigenvalue weighted by molar-refractivity contribution is 0.584. The summed E-state index contributed by atoms with van der Waals surface area (Å²) in [5.41, 5.74) is 2.68. The first kappa shape index (κ1) is 16.1. The molecule has 0 N–H and O–H groups in total. The predicted octanol–water partition coefficient (Wildman–Crippen LogP) is 7.29. The van der Waals surface area contributed by atoms with Gasteiger partial charge in [0.1, 0.15) is 0 Å². The van der Waals surface area contributed by atoms with Crippen LogP contribution in [0, 0.1) is 0 Å². The van der Waals surface area contributed by atoms with Gasteiger partial charge in [-0.1, -0.05) is 64.5 Å². The molecule has 0 unspecified atom stereocenters. The first-order valence-corrected chi connectivity index (χ1v) is 9.66. The molecule has 0 aliphatic heterocycles. The number of rotatable bonds is 6. The molecule has 2 aromatic carbocycles. The van der Waals surface area contributed by atoms with Gasteiger partial charge in [-0.15, -0.1) is 0 Å². The lowest BCUT2D eigenvalue weighted by atomic mass is 10.1. The molecule has 1 heterocycles. The average Bonchev–Trinajstić information content (AvgIpc) is 2.80. The fourth-order valence-electron chi connectivity index (χ4n) is 3.16. The fourth-order valence-corrected chi connectivity index (χ4v) is 3.89. The summed E-state index contributed by atoms with van der Waals surface area (Å²) in [6.45, 7) is 3.37. The maximum atomic E-state index is 3.61. The summed E-state index contributed by atoms with van der Waals surface area (Å²) >= 11 is 7.21. The molecule has 0 bridgehead atoms. The van der Waals surface area contributed by atoms with Crippen LogP contribution in [0.1, 0.15) is 39.0 Å². The van der Waals surface area contributed by atoms with Gasteiger partial charge < -0.3 is 4.57 Å². The van der Waals surface area contributed by atoms with Gasteiger partial charge in [0.15, 0.2) is 0 Å². The third-order valence-corrected chi connectivity index (χ3v) is 5.26. The molecule has 0 amide bonds. The minimum atomic E-state index is 1.10. The van der Waals surface area contributed by atoms with E-state index in [1.165, 1.54) is 53.9 Å². The molecule has 3 heteroatoms. The second-order valence-corrected chi connectivity index (χ2v) is 7.72. The molecule has 3 aromatic rings. The Bertz CT molecular complexity index is 730. The lowest BCUT2D eigenvalue weighted by Crippen LogP contribution is -1.97. The van der Waals surface area contributed by atoms with Crippen molar-refractivity contribution >= 4 is 53.7 Å². The minimum Gasteiger partial charge on any atom is -0.340 e. The summed E-state index contributed by atoms with van der Waals surface area (Å²) in [4.78, 5) is 0. The molecule has 1 aromatic heterocycles. The van der Waals surface area contributed by atoms with Crippen LogP contribution in [0.15, 0.2) is 45.3 Å². The maximum Gasteiger partial charge on any atom is 0.0492 e. The molecule has 0 aliphatic rings. The van der Waals surface area contributed by atoms with Gasteiger partial charge in [-0.3, -0.25) is 0 Å². The summed E-state index contributed by atoms with van der Waals surface area (Å²) in [6, 6.07) is 13.2. The standard InChI is InChI=1S/C19H21Br2N/c1-2-3-4-5-6-11-22-18-9-7-14(20)12-16(18)17-13-15(21)8-10-19(17)22/h7-10,12-13H,2-6,11H2,1H3. The van der Waals surface area contributed by atoms with E-state index in [0.717, 1.165) is 15.5 Å². The third-order valence-electron chi connectivity index (χ3n) is 4.27. The molecule has 0 atom stereocenters. The number of unbranched alkanes of at least 4 members (excludes halogenated alkanes) is 4. The molecule has 116 valence electrons. The monoisotopic (exact) mass is 421 g/mol. The van der Waals surface area contributed by atoms with Gasteiger partial charge in [0, 0.05) is 37.3 Å². The van der Waals surface area contributed by atoms with Gasteiger partial charge in [-0.2, -0.15) is 0 Å². The van der Waals surface area contributed by atoms with Crippen LogP contribution in [-0.4, -0.2) is 4.57 Å². The number of nitrogens with zero attached hydrogens (tertiary/aromatic N) is 1. The summed E-state index contributed by atoms with van der Waals surface area (Å²) < 4.78 is 4.76. The van der Waals surface area contributed by atoms with Crippen molar-refractivity contribution in [1.29, 1.82) is 0 Å². The lowest BCUT2D eigenvalue weighted by Gasteiger charge is -2.07. The van der Waals surface area contributed by atoms with Crippen molar-refractivity contribution in [3.05, 3.63) is 45.3 Å². The Balaban J connectivity index is 1.99. The van der Waals surface area contributed by atoms with Gasteiger partial charge in [-0.25, -0.2) is 0 Å². The van der Waals surface area contributed by atoms with Crippen molar-refractivity contribution in [2.75, 3.05) is 0 Å². The van der Waals surface area contributed by atoms with E-state index in [0.29, 0.717) is 0 Å². The molecule has 0 fully saturated rings. The largest absolute Gasteiger partial charge is 0.340 e. The minimum absolute atomic E-state index is 1.10. The third kappa shape index (κ3) is 3.26. The number of aryl methyl sites for hydroxylation is 1. The van der Waals surface area contributed by atoms with Crippen molar-refractivity contribution in [1.82, 2.24) is 4.57 Å². The zero-order valence-corrected chi connectivity index (χ0v) is 16.1. The van der Waals surface area contributed by atoms with Crippen LogP contribution in [0.25, 0.3) is 21.8 Å². The summed E-state index contributed by atoms with van der Waals surface area (Å²) in [5, 5.41) is 2.67. The first-order chi connectivity index (χ1) is 10.7. The maximum absolute atomic E-state index is 3.61. The topological polar surface area (TPSA) is 4.93 Å². The number of halogens is 2. The van der Waals surface area contributed by atoms with Crippen LogP contribution >= 0.6 is 31.9 Å². The number of hydrogen-bond donors (Lipinski definition) is 0. The molecule has 0 radical (unpaired) electrons. The summed E-state index contributed by atoms with van der Waals surface area (Å²) in [5.74, 6) is 0. The highest BCUT2D eigenvalue weighted by atomic mass is 79.9. The Kier molecular flexibility index (Phi) is 5.25. The molecule has 22 heavy (non-hydrogen) atoms. The molecule has 0 saturated carbocycles. The zero-order valence-electron chi connectivity index (χ0n) is 12.9. The van der Waals surface area contributed by atoms with Crippen LogP contribution in [0.3, 0.4) is 0 Å². The summed E-state index contributed by atoms with van der Waals surface area (Å²) in [6.07, 6.45) is 6.59. The van der Waals surface area contributed by atoms with Gasteiger partial charge in [0.2, 0.25) is 0 Å².